The molecule has 0 unspecified atom stereocenters. The van der Waals surface area contributed by atoms with E-state index in [9.17, 15) is 0 Å². The normalized spacial score (nSPS) is 19.7. The van der Waals surface area contributed by atoms with Gasteiger partial charge in [-0.25, -0.2) is 0 Å². The molecule has 0 aliphatic heterocycles. The number of nitrogens with one attached hydrogen (secondary N) is 1. The summed E-state index contributed by atoms with van der Waals surface area (Å²) in [4.78, 5) is 4.14. The molecule has 146 valence electrons. The summed E-state index contributed by atoms with van der Waals surface area (Å²) in [6.07, 6.45) is 7.90. The van der Waals surface area contributed by atoms with Crippen LogP contribution < -0.4 is 10.1 Å². The fourth-order valence-electron chi connectivity index (χ4n) is 3.66. The van der Waals surface area contributed by atoms with E-state index in [4.69, 9.17) is 39.5 Å². The van der Waals surface area contributed by atoms with E-state index in [1.54, 1.807) is 12.3 Å². The molecule has 1 saturated carbocycles. The molecule has 3 nitrogen and oxygen atoms in total. The SMILES string of the molecule is Clc1ccc(CN[C@H]2CC[C@@H](Oc3cc4ccncc4cc3Cl)CC2)c(Cl)c1. The molecule has 2 aromatic carbocycles. The first-order valence-corrected chi connectivity index (χ1v) is 10.6. The summed E-state index contributed by atoms with van der Waals surface area (Å²) in [5.74, 6) is 0.754. The molecule has 1 aliphatic rings. The Kier molecular flexibility index (Phi) is 6.27. The van der Waals surface area contributed by atoms with Gasteiger partial charge in [-0.05, 0) is 67.0 Å². The van der Waals surface area contributed by atoms with Gasteiger partial charge in [-0.1, -0.05) is 40.9 Å². The molecule has 1 aromatic heterocycles. The summed E-state index contributed by atoms with van der Waals surface area (Å²) in [7, 11) is 0. The first-order valence-electron chi connectivity index (χ1n) is 9.46. The van der Waals surface area contributed by atoms with E-state index in [1.165, 1.54) is 0 Å². The lowest BCUT2D eigenvalue weighted by molar-refractivity contribution is 0.139. The summed E-state index contributed by atoms with van der Waals surface area (Å²) >= 11 is 18.6. The van der Waals surface area contributed by atoms with Crippen LogP contribution in [0, 0.1) is 0 Å². The van der Waals surface area contributed by atoms with Gasteiger partial charge in [0.25, 0.3) is 0 Å². The van der Waals surface area contributed by atoms with Gasteiger partial charge in [0.05, 0.1) is 11.1 Å². The zero-order valence-corrected chi connectivity index (χ0v) is 17.6. The van der Waals surface area contributed by atoms with Crippen molar-refractivity contribution in [2.45, 2.75) is 44.4 Å². The minimum atomic E-state index is 0.189. The molecular weight excluding hydrogens is 415 g/mol. The van der Waals surface area contributed by atoms with Crippen molar-refractivity contribution < 1.29 is 4.74 Å². The molecular formula is C22H21Cl3N2O. The van der Waals surface area contributed by atoms with Crippen LogP contribution in [-0.2, 0) is 6.54 Å². The molecule has 3 aromatic rings. The minimum absolute atomic E-state index is 0.189. The molecule has 0 saturated heterocycles. The van der Waals surface area contributed by atoms with Crippen LogP contribution in [0.25, 0.3) is 10.8 Å². The van der Waals surface area contributed by atoms with Crippen LogP contribution in [0.1, 0.15) is 31.2 Å². The second-order valence-corrected chi connectivity index (χ2v) is 8.46. The number of fused-ring (bicyclic) bond motifs is 1. The van der Waals surface area contributed by atoms with Crippen molar-refractivity contribution in [1.29, 1.82) is 0 Å². The second-order valence-electron chi connectivity index (χ2n) is 7.21. The molecule has 6 heteroatoms. The molecule has 0 amide bonds. The minimum Gasteiger partial charge on any atom is -0.489 e. The lowest BCUT2D eigenvalue weighted by Crippen LogP contribution is -2.36. The van der Waals surface area contributed by atoms with Crippen molar-refractivity contribution in [3.05, 3.63) is 69.4 Å². The third-order valence-corrected chi connectivity index (χ3v) is 6.14. The smallest absolute Gasteiger partial charge is 0.138 e. The molecule has 4 rings (SSSR count). The van der Waals surface area contributed by atoms with Crippen LogP contribution >= 0.6 is 34.8 Å². The van der Waals surface area contributed by atoms with Crippen LogP contribution in [0.4, 0.5) is 0 Å². The zero-order valence-electron chi connectivity index (χ0n) is 15.3. The molecule has 0 bridgehead atoms. The Bertz CT molecular complexity index is 971. The Morgan fingerprint density at radius 2 is 1.75 bits per heavy atom. The topological polar surface area (TPSA) is 34.1 Å². The molecule has 0 atom stereocenters. The number of benzene rings is 2. The first-order chi connectivity index (χ1) is 13.6. The zero-order chi connectivity index (χ0) is 19.5. The monoisotopic (exact) mass is 434 g/mol. The van der Waals surface area contributed by atoms with E-state index in [1.807, 2.05) is 36.5 Å². The number of pyridine rings is 1. The fraction of sp³-hybridized carbons (Fsp3) is 0.318. The largest absolute Gasteiger partial charge is 0.489 e. The van der Waals surface area contributed by atoms with Crippen molar-refractivity contribution in [2.75, 3.05) is 0 Å². The van der Waals surface area contributed by atoms with Crippen LogP contribution in [0.5, 0.6) is 5.75 Å². The van der Waals surface area contributed by atoms with E-state index < -0.39 is 0 Å². The number of aromatic nitrogens is 1. The van der Waals surface area contributed by atoms with Crippen molar-refractivity contribution in [1.82, 2.24) is 10.3 Å². The van der Waals surface area contributed by atoms with Crippen molar-refractivity contribution in [3.63, 3.8) is 0 Å². The highest BCUT2D eigenvalue weighted by Crippen LogP contribution is 2.33. The maximum atomic E-state index is 6.41. The molecule has 1 N–H and O–H groups in total. The maximum Gasteiger partial charge on any atom is 0.138 e. The summed E-state index contributed by atoms with van der Waals surface area (Å²) in [6.45, 7) is 0.747. The highest BCUT2D eigenvalue weighted by Gasteiger charge is 2.23. The first kappa shape index (κ1) is 19.8. The van der Waals surface area contributed by atoms with Gasteiger partial charge in [-0.15, -0.1) is 0 Å². The van der Waals surface area contributed by atoms with Gasteiger partial charge in [-0.2, -0.15) is 0 Å². The number of nitrogens with zero attached hydrogens (tertiary/aromatic N) is 1. The predicted octanol–water partition coefficient (Wildman–Crippen LogP) is 6.67. The third-order valence-electron chi connectivity index (χ3n) is 5.26. The van der Waals surface area contributed by atoms with E-state index >= 15 is 0 Å². The van der Waals surface area contributed by atoms with Gasteiger partial charge in [-0.3, -0.25) is 4.98 Å². The molecule has 1 fully saturated rings. The van der Waals surface area contributed by atoms with Crippen molar-refractivity contribution in [3.8, 4) is 5.75 Å². The Morgan fingerprint density at radius 3 is 2.54 bits per heavy atom. The summed E-state index contributed by atoms with van der Waals surface area (Å²) in [5.41, 5.74) is 1.07. The third kappa shape index (κ3) is 4.72. The molecule has 1 heterocycles. The number of rotatable bonds is 5. The van der Waals surface area contributed by atoms with Gasteiger partial charge in [0.15, 0.2) is 0 Å². The van der Waals surface area contributed by atoms with Gasteiger partial charge in [0, 0.05) is 40.4 Å². The van der Waals surface area contributed by atoms with E-state index in [0.717, 1.165) is 54.3 Å². The number of hydrogen-bond donors (Lipinski definition) is 1. The van der Waals surface area contributed by atoms with E-state index in [-0.39, 0.29) is 6.10 Å². The lowest BCUT2D eigenvalue weighted by atomic mass is 9.92. The summed E-state index contributed by atoms with van der Waals surface area (Å²) in [6, 6.07) is 12.0. The predicted molar refractivity (Wildman–Crippen MR) is 117 cm³/mol. The van der Waals surface area contributed by atoms with Crippen LogP contribution in [0.3, 0.4) is 0 Å². The van der Waals surface area contributed by atoms with Crippen LogP contribution in [0.15, 0.2) is 48.8 Å². The van der Waals surface area contributed by atoms with Gasteiger partial charge in [0.1, 0.15) is 5.75 Å². The van der Waals surface area contributed by atoms with Crippen molar-refractivity contribution in [2.24, 2.45) is 0 Å². The highest BCUT2D eigenvalue weighted by molar-refractivity contribution is 6.35. The van der Waals surface area contributed by atoms with Crippen molar-refractivity contribution >= 4 is 45.6 Å². The molecule has 0 spiro atoms. The van der Waals surface area contributed by atoms with Gasteiger partial charge in [0.2, 0.25) is 0 Å². The Morgan fingerprint density at radius 1 is 0.929 bits per heavy atom. The Balaban J connectivity index is 1.31. The quantitative estimate of drug-likeness (QED) is 0.485. The highest BCUT2D eigenvalue weighted by atomic mass is 35.5. The van der Waals surface area contributed by atoms with Gasteiger partial charge >= 0.3 is 0 Å². The Hall–Kier alpha value is -1.52. The summed E-state index contributed by atoms with van der Waals surface area (Å²) in [5, 5.41) is 7.72. The van der Waals surface area contributed by atoms with E-state index in [0.29, 0.717) is 21.1 Å². The average molecular weight is 436 g/mol. The number of ether oxygens (including phenoxy) is 1. The summed E-state index contributed by atoms with van der Waals surface area (Å²) < 4.78 is 6.22. The average Bonchev–Trinajstić information content (AvgIpc) is 2.69. The maximum absolute atomic E-state index is 6.41. The number of hydrogen-bond acceptors (Lipinski definition) is 3. The van der Waals surface area contributed by atoms with Crippen LogP contribution in [-0.4, -0.2) is 17.1 Å². The van der Waals surface area contributed by atoms with E-state index in [2.05, 4.69) is 10.3 Å². The van der Waals surface area contributed by atoms with Gasteiger partial charge < -0.3 is 10.1 Å². The molecule has 28 heavy (non-hydrogen) atoms. The molecule has 1 aliphatic carbocycles. The number of halogens is 3. The second kappa shape index (κ2) is 8.87. The lowest BCUT2D eigenvalue weighted by Gasteiger charge is -2.30. The standard InChI is InChI=1S/C22H21Cl3N2O/c23-17-2-1-15(20(24)11-17)13-27-18-3-5-19(6-4-18)28-22-10-14-7-8-26-12-16(14)9-21(22)25/h1-2,7-12,18-19,27H,3-6,13H2/t18-,19+. The molecule has 0 radical (unpaired) electrons. The van der Waals surface area contributed by atoms with Crippen LogP contribution in [0.2, 0.25) is 15.1 Å². The fourth-order valence-corrected chi connectivity index (χ4v) is 4.35. The Labute approximate surface area is 180 Å².